The maximum absolute atomic E-state index is 11.8. The van der Waals surface area contributed by atoms with Crippen LogP contribution >= 0.6 is 0 Å². The molecular formula is C15H18N6O. The molecule has 1 amide bonds. The first-order valence-electron chi connectivity index (χ1n) is 7.66. The van der Waals surface area contributed by atoms with Gasteiger partial charge >= 0.3 is 0 Å². The highest BCUT2D eigenvalue weighted by Crippen LogP contribution is 2.26. The number of imidazole rings is 1. The molecule has 1 aliphatic carbocycles. The zero-order chi connectivity index (χ0) is 14.9. The summed E-state index contributed by atoms with van der Waals surface area (Å²) in [5, 5.41) is 11.6. The van der Waals surface area contributed by atoms with E-state index < -0.39 is 0 Å². The molecule has 2 N–H and O–H groups in total. The van der Waals surface area contributed by atoms with Crippen molar-refractivity contribution in [3.05, 3.63) is 35.5 Å². The minimum absolute atomic E-state index is 0.103. The summed E-state index contributed by atoms with van der Waals surface area (Å²) in [4.78, 5) is 20.7. The van der Waals surface area contributed by atoms with Crippen molar-refractivity contribution in [2.24, 2.45) is 5.92 Å². The van der Waals surface area contributed by atoms with Crippen LogP contribution in [0.2, 0.25) is 0 Å². The molecule has 0 bridgehead atoms. The molecule has 3 heterocycles. The van der Waals surface area contributed by atoms with Gasteiger partial charge < -0.3 is 15.2 Å². The number of nitrogens with zero attached hydrogens (tertiary/aromatic N) is 4. The van der Waals surface area contributed by atoms with Crippen molar-refractivity contribution in [2.45, 2.75) is 19.3 Å². The number of nitrogens with one attached hydrogen (secondary N) is 2. The van der Waals surface area contributed by atoms with Crippen molar-refractivity contribution in [3.8, 4) is 0 Å². The van der Waals surface area contributed by atoms with Crippen molar-refractivity contribution in [1.29, 1.82) is 0 Å². The Hall–Kier alpha value is -2.44. The van der Waals surface area contributed by atoms with Crippen molar-refractivity contribution >= 4 is 11.7 Å². The molecule has 1 aliphatic heterocycles. The van der Waals surface area contributed by atoms with E-state index in [0.717, 1.165) is 37.4 Å². The fourth-order valence-electron chi connectivity index (χ4n) is 3.07. The number of aromatic nitrogens is 4. The molecule has 4 rings (SSSR count). The van der Waals surface area contributed by atoms with Crippen LogP contribution in [-0.4, -0.2) is 45.7 Å². The van der Waals surface area contributed by atoms with Gasteiger partial charge in [-0.2, -0.15) is 5.10 Å². The third-order valence-corrected chi connectivity index (χ3v) is 4.38. The van der Waals surface area contributed by atoms with E-state index >= 15 is 0 Å². The molecule has 7 nitrogen and oxygen atoms in total. The summed E-state index contributed by atoms with van der Waals surface area (Å²) in [5.74, 6) is 1.33. The first-order chi connectivity index (χ1) is 10.8. The number of anilines is 1. The van der Waals surface area contributed by atoms with E-state index in [0.29, 0.717) is 18.2 Å². The number of aromatic amines is 1. The van der Waals surface area contributed by atoms with Gasteiger partial charge in [0.05, 0.1) is 18.2 Å². The predicted molar refractivity (Wildman–Crippen MR) is 80.7 cm³/mol. The highest BCUT2D eigenvalue weighted by molar-refractivity contribution is 5.91. The second kappa shape index (κ2) is 5.40. The quantitative estimate of drug-likeness (QED) is 0.861. The predicted octanol–water partition coefficient (Wildman–Crippen LogP) is 0.555. The number of hydrogen-bond acceptors (Lipinski definition) is 5. The van der Waals surface area contributed by atoms with Gasteiger partial charge in [0.1, 0.15) is 5.69 Å². The molecule has 7 heteroatoms. The molecule has 2 aliphatic rings. The van der Waals surface area contributed by atoms with Crippen LogP contribution in [0.3, 0.4) is 0 Å². The third-order valence-electron chi connectivity index (χ3n) is 4.38. The second-order valence-corrected chi connectivity index (χ2v) is 5.97. The van der Waals surface area contributed by atoms with Crippen LogP contribution in [-0.2, 0) is 12.8 Å². The molecule has 0 aromatic carbocycles. The average molecular weight is 298 g/mol. The molecule has 1 saturated heterocycles. The van der Waals surface area contributed by atoms with Crippen LogP contribution in [0.4, 0.5) is 5.82 Å². The first kappa shape index (κ1) is 13.2. The summed E-state index contributed by atoms with van der Waals surface area (Å²) >= 11 is 0. The number of rotatable bonds is 4. The maximum atomic E-state index is 11.8. The molecule has 22 heavy (non-hydrogen) atoms. The lowest BCUT2D eigenvalue weighted by Crippen LogP contribution is -2.52. The first-order valence-corrected chi connectivity index (χ1v) is 7.66. The number of amides is 1. The van der Waals surface area contributed by atoms with E-state index in [1.54, 1.807) is 0 Å². The molecular weight excluding hydrogens is 280 g/mol. The number of carbonyl (C=O) groups is 1. The highest BCUT2D eigenvalue weighted by Gasteiger charge is 2.29. The van der Waals surface area contributed by atoms with Gasteiger partial charge in [-0.25, -0.2) is 4.98 Å². The zero-order valence-electron chi connectivity index (χ0n) is 12.2. The van der Waals surface area contributed by atoms with E-state index in [1.807, 2.05) is 0 Å². The molecule has 0 radical (unpaired) electrons. The standard InChI is InChI=1S/C15H18N6O/c22-15(13-6-16-9-18-13)17-5-10-7-21(8-10)14-4-11-2-1-3-12(11)19-20-14/h4,6,9-10H,1-3,5,7-8H2,(H,16,18)(H,17,22). The van der Waals surface area contributed by atoms with E-state index in [9.17, 15) is 4.79 Å². The topological polar surface area (TPSA) is 86.8 Å². The van der Waals surface area contributed by atoms with E-state index in [1.165, 1.54) is 24.5 Å². The molecule has 2 aromatic rings. The van der Waals surface area contributed by atoms with Gasteiger partial charge in [-0.3, -0.25) is 4.79 Å². The van der Waals surface area contributed by atoms with Crippen LogP contribution in [0, 0.1) is 5.92 Å². The lowest BCUT2D eigenvalue weighted by molar-refractivity contribution is 0.0940. The Morgan fingerprint density at radius 2 is 2.27 bits per heavy atom. The van der Waals surface area contributed by atoms with Crippen molar-refractivity contribution in [3.63, 3.8) is 0 Å². The van der Waals surface area contributed by atoms with Crippen molar-refractivity contribution in [2.75, 3.05) is 24.5 Å². The zero-order valence-corrected chi connectivity index (χ0v) is 12.2. The number of aryl methyl sites for hydroxylation is 2. The van der Waals surface area contributed by atoms with Gasteiger partial charge in [0.2, 0.25) is 0 Å². The SMILES string of the molecule is O=C(NCC1CN(c2cc3c(nn2)CCC3)C1)c1cnc[nH]1. The number of carbonyl (C=O) groups excluding carboxylic acids is 1. The van der Waals surface area contributed by atoms with Gasteiger partial charge in [0, 0.05) is 25.6 Å². The van der Waals surface area contributed by atoms with Crippen molar-refractivity contribution < 1.29 is 4.79 Å². The van der Waals surface area contributed by atoms with Crippen LogP contribution in [0.5, 0.6) is 0 Å². The largest absolute Gasteiger partial charge is 0.354 e. The summed E-state index contributed by atoms with van der Waals surface area (Å²) in [6.45, 7) is 2.50. The molecule has 0 unspecified atom stereocenters. The summed E-state index contributed by atoms with van der Waals surface area (Å²) < 4.78 is 0. The number of hydrogen-bond donors (Lipinski definition) is 2. The monoisotopic (exact) mass is 298 g/mol. The van der Waals surface area contributed by atoms with Gasteiger partial charge in [-0.05, 0) is 30.9 Å². The Labute approximate surface area is 128 Å². The Morgan fingerprint density at radius 1 is 1.36 bits per heavy atom. The van der Waals surface area contributed by atoms with E-state index in [-0.39, 0.29) is 5.91 Å². The van der Waals surface area contributed by atoms with Crippen LogP contribution < -0.4 is 10.2 Å². The van der Waals surface area contributed by atoms with E-state index in [4.69, 9.17) is 0 Å². The average Bonchev–Trinajstić information content (AvgIpc) is 3.16. The second-order valence-electron chi connectivity index (χ2n) is 5.97. The Morgan fingerprint density at radius 3 is 3.09 bits per heavy atom. The van der Waals surface area contributed by atoms with Gasteiger partial charge in [-0.15, -0.1) is 5.10 Å². The van der Waals surface area contributed by atoms with Crippen LogP contribution in [0.25, 0.3) is 0 Å². The number of fused-ring (bicyclic) bond motifs is 1. The maximum Gasteiger partial charge on any atom is 0.269 e. The molecule has 0 saturated carbocycles. The summed E-state index contributed by atoms with van der Waals surface area (Å²) in [5.41, 5.74) is 3.01. The minimum Gasteiger partial charge on any atom is -0.354 e. The van der Waals surface area contributed by atoms with Gasteiger partial charge in [0.25, 0.3) is 5.91 Å². The molecule has 1 fully saturated rings. The lowest BCUT2D eigenvalue weighted by atomic mass is 10.00. The third kappa shape index (κ3) is 2.43. The molecule has 2 aromatic heterocycles. The fraction of sp³-hybridized carbons (Fsp3) is 0.467. The minimum atomic E-state index is -0.103. The fourth-order valence-corrected chi connectivity index (χ4v) is 3.07. The Bertz CT molecular complexity index is 677. The normalized spacial score (nSPS) is 17.2. The van der Waals surface area contributed by atoms with Crippen LogP contribution in [0.15, 0.2) is 18.6 Å². The summed E-state index contributed by atoms with van der Waals surface area (Å²) in [6.07, 6.45) is 6.41. The lowest BCUT2D eigenvalue weighted by Gasteiger charge is -2.40. The Balaban J connectivity index is 1.28. The van der Waals surface area contributed by atoms with Crippen LogP contribution in [0.1, 0.15) is 28.2 Å². The Kier molecular flexibility index (Phi) is 3.25. The van der Waals surface area contributed by atoms with Gasteiger partial charge in [0.15, 0.2) is 5.82 Å². The summed E-state index contributed by atoms with van der Waals surface area (Å²) in [7, 11) is 0. The summed E-state index contributed by atoms with van der Waals surface area (Å²) in [6, 6.07) is 2.18. The molecule has 0 spiro atoms. The van der Waals surface area contributed by atoms with E-state index in [2.05, 4.69) is 36.4 Å². The molecule has 114 valence electrons. The van der Waals surface area contributed by atoms with Gasteiger partial charge in [-0.1, -0.05) is 0 Å². The number of H-pyrrole nitrogens is 1. The smallest absolute Gasteiger partial charge is 0.269 e. The molecule has 0 atom stereocenters. The van der Waals surface area contributed by atoms with Crippen molar-refractivity contribution in [1.82, 2.24) is 25.5 Å². The highest BCUT2D eigenvalue weighted by atomic mass is 16.1.